The predicted molar refractivity (Wildman–Crippen MR) is 68.7 cm³/mol. The summed E-state index contributed by atoms with van der Waals surface area (Å²) in [6, 6.07) is 7.57. The van der Waals surface area contributed by atoms with Crippen LogP contribution in [0.4, 0.5) is 0 Å². The van der Waals surface area contributed by atoms with E-state index in [1.165, 1.54) is 0 Å². The molecule has 16 heavy (non-hydrogen) atoms. The van der Waals surface area contributed by atoms with E-state index < -0.39 is 0 Å². The zero-order valence-corrected chi connectivity index (χ0v) is 11.6. The first kappa shape index (κ1) is 11.5. The summed E-state index contributed by atoms with van der Waals surface area (Å²) in [4.78, 5) is 8.25. The number of hydrogen-bond donors (Lipinski definition) is 0. The van der Waals surface area contributed by atoms with Gasteiger partial charge in [-0.2, -0.15) is 4.98 Å². The minimum Gasteiger partial charge on any atom is -0.438 e. The number of ether oxygens (including phenoxy) is 1. The van der Waals surface area contributed by atoms with Crippen molar-refractivity contribution < 1.29 is 4.74 Å². The molecular formula is C11H8Br2N2O. The van der Waals surface area contributed by atoms with Crippen molar-refractivity contribution in [2.45, 2.75) is 6.92 Å². The minimum absolute atomic E-state index is 0.523. The quantitative estimate of drug-likeness (QED) is 0.823. The average molecular weight is 344 g/mol. The topological polar surface area (TPSA) is 35.0 Å². The van der Waals surface area contributed by atoms with Gasteiger partial charge in [0.15, 0.2) is 0 Å². The molecule has 0 spiro atoms. The molecule has 5 heteroatoms. The van der Waals surface area contributed by atoms with Crippen molar-refractivity contribution in [2.24, 2.45) is 0 Å². The fourth-order valence-electron chi connectivity index (χ4n) is 1.12. The lowest BCUT2D eigenvalue weighted by Crippen LogP contribution is -1.93. The van der Waals surface area contributed by atoms with E-state index in [0.717, 1.165) is 14.7 Å². The summed E-state index contributed by atoms with van der Waals surface area (Å²) in [6.45, 7) is 1.82. The zero-order chi connectivity index (χ0) is 11.5. The number of aryl methyl sites for hydroxylation is 1. The normalized spacial score (nSPS) is 10.2. The Morgan fingerprint density at radius 3 is 2.50 bits per heavy atom. The van der Waals surface area contributed by atoms with E-state index in [1.54, 1.807) is 6.20 Å². The highest BCUT2D eigenvalue weighted by Gasteiger charge is 2.05. The first-order chi connectivity index (χ1) is 7.65. The largest absolute Gasteiger partial charge is 0.438 e. The van der Waals surface area contributed by atoms with Crippen LogP contribution in [0.3, 0.4) is 0 Å². The Hall–Kier alpha value is -0.940. The molecule has 0 aliphatic rings. The summed E-state index contributed by atoms with van der Waals surface area (Å²) in [6.07, 6.45) is 1.68. The van der Waals surface area contributed by atoms with Gasteiger partial charge in [-0.05, 0) is 47.1 Å². The molecule has 1 aromatic heterocycles. The molecule has 0 radical (unpaired) electrons. The van der Waals surface area contributed by atoms with Crippen molar-refractivity contribution in [3.05, 3.63) is 45.2 Å². The third-order valence-electron chi connectivity index (χ3n) is 1.86. The van der Waals surface area contributed by atoms with Crippen molar-refractivity contribution in [1.29, 1.82) is 0 Å². The second kappa shape index (κ2) is 4.93. The highest BCUT2D eigenvalue weighted by atomic mass is 79.9. The maximum absolute atomic E-state index is 5.63. The number of rotatable bonds is 2. The highest BCUT2D eigenvalue weighted by Crippen LogP contribution is 2.27. The number of hydrogen-bond acceptors (Lipinski definition) is 3. The fraction of sp³-hybridized carbons (Fsp3) is 0.0909. The van der Waals surface area contributed by atoms with Crippen molar-refractivity contribution in [3.8, 4) is 11.6 Å². The Morgan fingerprint density at radius 1 is 1.12 bits per heavy atom. The Balaban J connectivity index is 2.26. The molecule has 0 fully saturated rings. The van der Waals surface area contributed by atoms with Crippen molar-refractivity contribution >= 4 is 31.9 Å². The number of benzene rings is 1. The molecule has 3 nitrogen and oxygen atoms in total. The Labute approximate surface area is 110 Å². The van der Waals surface area contributed by atoms with Gasteiger partial charge in [0.1, 0.15) is 11.6 Å². The van der Waals surface area contributed by atoms with Gasteiger partial charge in [0.25, 0.3) is 0 Å². The maximum atomic E-state index is 5.63. The summed E-state index contributed by atoms with van der Waals surface area (Å²) >= 11 is 6.71. The number of halogens is 2. The standard InChI is InChI=1S/C11H8Br2N2O/c1-7-14-6-10(13)11(15-7)16-9-4-2-8(12)3-5-9/h2-6H,1H3. The van der Waals surface area contributed by atoms with Gasteiger partial charge in [-0.3, -0.25) is 0 Å². The van der Waals surface area contributed by atoms with Crippen LogP contribution in [0.2, 0.25) is 0 Å². The van der Waals surface area contributed by atoms with Crippen LogP contribution in [0, 0.1) is 6.92 Å². The van der Waals surface area contributed by atoms with Gasteiger partial charge in [-0.15, -0.1) is 0 Å². The van der Waals surface area contributed by atoms with Gasteiger partial charge >= 0.3 is 0 Å². The van der Waals surface area contributed by atoms with Crippen LogP contribution in [-0.2, 0) is 0 Å². The van der Waals surface area contributed by atoms with Gasteiger partial charge in [0.2, 0.25) is 5.88 Å². The summed E-state index contributed by atoms with van der Waals surface area (Å²) in [5.74, 6) is 1.94. The van der Waals surface area contributed by atoms with Crippen molar-refractivity contribution in [3.63, 3.8) is 0 Å². The molecule has 2 aromatic rings. The molecule has 0 amide bonds. The molecule has 0 atom stereocenters. The predicted octanol–water partition coefficient (Wildman–Crippen LogP) is 4.10. The lowest BCUT2D eigenvalue weighted by Gasteiger charge is -2.06. The van der Waals surface area contributed by atoms with E-state index in [2.05, 4.69) is 41.8 Å². The fourth-order valence-corrected chi connectivity index (χ4v) is 1.66. The molecule has 0 bridgehead atoms. The maximum Gasteiger partial charge on any atom is 0.236 e. The number of aromatic nitrogens is 2. The van der Waals surface area contributed by atoms with Gasteiger partial charge in [0, 0.05) is 10.7 Å². The monoisotopic (exact) mass is 342 g/mol. The molecule has 0 N–H and O–H groups in total. The molecule has 0 aliphatic heterocycles. The van der Waals surface area contributed by atoms with Crippen LogP contribution >= 0.6 is 31.9 Å². The van der Waals surface area contributed by atoms with Crippen LogP contribution in [0.15, 0.2) is 39.4 Å². The summed E-state index contributed by atoms with van der Waals surface area (Å²) in [7, 11) is 0. The highest BCUT2D eigenvalue weighted by molar-refractivity contribution is 9.10. The first-order valence-electron chi connectivity index (χ1n) is 4.58. The van der Waals surface area contributed by atoms with E-state index in [0.29, 0.717) is 11.7 Å². The Kier molecular flexibility index (Phi) is 3.56. The molecule has 0 saturated carbocycles. The first-order valence-corrected chi connectivity index (χ1v) is 6.16. The van der Waals surface area contributed by atoms with E-state index in [9.17, 15) is 0 Å². The van der Waals surface area contributed by atoms with Crippen molar-refractivity contribution in [1.82, 2.24) is 9.97 Å². The zero-order valence-electron chi connectivity index (χ0n) is 8.45. The van der Waals surface area contributed by atoms with Gasteiger partial charge in [0.05, 0.1) is 4.47 Å². The summed E-state index contributed by atoms with van der Waals surface area (Å²) in [5, 5.41) is 0. The summed E-state index contributed by atoms with van der Waals surface area (Å²) < 4.78 is 7.38. The van der Waals surface area contributed by atoms with Gasteiger partial charge in [-0.25, -0.2) is 4.98 Å². The average Bonchev–Trinajstić information content (AvgIpc) is 2.27. The van der Waals surface area contributed by atoms with E-state index in [4.69, 9.17) is 4.74 Å². The van der Waals surface area contributed by atoms with E-state index in [-0.39, 0.29) is 0 Å². The molecule has 2 rings (SSSR count). The van der Waals surface area contributed by atoms with Crippen molar-refractivity contribution in [2.75, 3.05) is 0 Å². The minimum atomic E-state index is 0.523. The van der Waals surface area contributed by atoms with Gasteiger partial charge in [-0.1, -0.05) is 15.9 Å². The lowest BCUT2D eigenvalue weighted by molar-refractivity contribution is 0.456. The molecule has 82 valence electrons. The molecule has 1 heterocycles. The molecule has 1 aromatic carbocycles. The Morgan fingerprint density at radius 2 is 1.81 bits per heavy atom. The van der Waals surface area contributed by atoms with Crippen LogP contribution < -0.4 is 4.74 Å². The smallest absolute Gasteiger partial charge is 0.236 e. The molecule has 0 saturated heterocycles. The van der Waals surface area contributed by atoms with Gasteiger partial charge < -0.3 is 4.74 Å². The van der Waals surface area contributed by atoms with E-state index in [1.807, 2.05) is 31.2 Å². The SMILES string of the molecule is Cc1ncc(Br)c(Oc2ccc(Br)cc2)n1. The molecule has 0 aliphatic carbocycles. The lowest BCUT2D eigenvalue weighted by atomic mass is 10.3. The molecule has 0 unspecified atom stereocenters. The van der Waals surface area contributed by atoms with Crippen LogP contribution in [-0.4, -0.2) is 9.97 Å². The van der Waals surface area contributed by atoms with Crippen LogP contribution in [0.5, 0.6) is 11.6 Å². The number of nitrogens with zero attached hydrogens (tertiary/aromatic N) is 2. The third kappa shape index (κ3) is 2.80. The van der Waals surface area contributed by atoms with E-state index >= 15 is 0 Å². The second-order valence-corrected chi connectivity index (χ2v) is 4.90. The molecular weight excluding hydrogens is 336 g/mol. The third-order valence-corrected chi connectivity index (χ3v) is 2.93. The Bertz CT molecular complexity index is 500. The van der Waals surface area contributed by atoms with Crippen LogP contribution in [0.1, 0.15) is 5.82 Å². The van der Waals surface area contributed by atoms with Crippen LogP contribution in [0.25, 0.3) is 0 Å². The summed E-state index contributed by atoms with van der Waals surface area (Å²) in [5.41, 5.74) is 0. The second-order valence-electron chi connectivity index (χ2n) is 3.13.